The van der Waals surface area contributed by atoms with Crippen LogP contribution in [0, 0.1) is 0 Å². The topological polar surface area (TPSA) is 85.2 Å². The van der Waals surface area contributed by atoms with Gasteiger partial charge in [0.05, 0.1) is 13.1 Å². The first kappa shape index (κ1) is 13.5. The van der Waals surface area contributed by atoms with Gasteiger partial charge < -0.3 is 5.73 Å². The number of halogens is 2. The Morgan fingerprint density at radius 1 is 1.47 bits per heavy atom. The summed E-state index contributed by atoms with van der Waals surface area (Å²) in [4.78, 5) is 12.2. The molecule has 2 N–H and O–H groups in total. The Hall–Kier alpha value is -1.57. The molecule has 1 amide bonds. The van der Waals surface area contributed by atoms with Gasteiger partial charge in [0.1, 0.15) is 5.69 Å². The molecule has 1 aliphatic heterocycles. The Morgan fingerprint density at radius 2 is 2.06 bits per heavy atom. The molecule has 1 aromatic heterocycles. The van der Waals surface area contributed by atoms with Gasteiger partial charge in [0.25, 0.3) is 11.8 Å². The van der Waals surface area contributed by atoms with E-state index in [0.29, 0.717) is 0 Å². The SMILES string of the molecule is CC.NC(=O)c1nonc1CN1CC(F)(F)C1. The molecule has 0 atom stereocenters. The molecule has 0 aliphatic carbocycles. The molecule has 0 aromatic carbocycles. The van der Waals surface area contributed by atoms with Crippen molar-refractivity contribution in [2.45, 2.75) is 26.3 Å². The average molecular weight is 248 g/mol. The molecule has 0 unspecified atom stereocenters. The molecule has 2 heterocycles. The van der Waals surface area contributed by atoms with Crippen molar-refractivity contribution in [1.82, 2.24) is 15.2 Å². The number of primary amides is 1. The maximum absolute atomic E-state index is 12.5. The predicted octanol–water partition coefficient (Wildman–Crippen LogP) is 0.646. The zero-order valence-corrected chi connectivity index (χ0v) is 9.61. The van der Waals surface area contributed by atoms with E-state index in [2.05, 4.69) is 14.9 Å². The summed E-state index contributed by atoms with van der Waals surface area (Å²) in [5.74, 6) is -3.43. The molecule has 0 saturated carbocycles. The van der Waals surface area contributed by atoms with E-state index < -0.39 is 11.8 Å². The van der Waals surface area contributed by atoms with Crippen molar-refractivity contribution >= 4 is 5.91 Å². The summed E-state index contributed by atoms with van der Waals surface area (Å²) in [6, 6.07) is 0. The fourth-order valence-corrected chi connectivity index (χ4v) is 1.43. The van der Waals surface area contributed by atoms with Crippen molar-refractivity contribution in [3.8, 4) is 0 Å². The summed E-state index contributed by atoms with van der Waals surface area (Å²) in [6.45, 7) is 3.40. The molecular weight excluding hydrogens is 234 g/mol. The highest BCUT2D eigenvalue weighted by atomic mass is 19.3. The molecule has 0 bridgehead atoms. The van der Waals surface area contributed by atoms with Gasteiger partial charge in [-0.25, -0.2) is 13.4 Å². The van der Waals surface area contributed by atoms with E-state index in [1.807, 2.05) is 13.8 Å². The minimum Gasteiger partial charge on any atom is -0.364 e. The summed E-state index contributed by atoms with van der Waals surface area (Å²) in [7, 11) is 0. The van der Waals surface area contributed by atoms with Crippen LogP contribution in [0.25, 0.3) is 0 Å². The molecule has 1 aliphatic rings. The number of alkyl halides is 2. The summed E-state index contributed by atoms with van der Waals surface area (Å²) >= 11 is 0. The van der Waals surface area contributed by atoms with Crippen LogP contribution in [0.15, 0.2) is 4.63 Å². The van der Waals surface area contributed by atoms with E-state index in [0.717, 1.165) is 0 Å². The zero-order chi connectivity index (χ0) is 13.1. The molecule has 0 radical (unpaired) electrons. The number of carbonyl (C=O) groups excluding carboxylic acids is 1. The summed E-state index contributed by atoms with van der Waals surface area (Å²) < 4.78 is 29.3. The van der Waals surface area contributed by atoms with Gasteiger partial charge in [-0.2, -0.15) is 0 Å². The van der Waals surface area contributed by atoms with Gasteiger partial charge in [0, 0.05) is 6.54 Å². The van der Waals surface area contributed by atoms with Crippen molar-refractivity contribution in [3.63, 3.8) is 0 Å². The lowest BCUT2D eigenvalue weighted by Crippen LogP contribution is -2.55. The van der Waals surface area contributed by atoms with Crippen LogP contribution in [0.2, 0.25) is 0 Å². The molecule has 96 valence electrons. The van der Waals surface area contributed by atoms with Gasteiger partial charge in [0.2, 0.25) is 0 Å². The van der Waals surface area contributed by atoms with Gasteiger partial charge in [0.15, 0.2) is 5.69 Å². The largest absolute Gasteiger partial charge is 0.364 e. The summed E-state index contributed by atoms with van der Waals surface area (Å²) in [5, 5.41) is 6.72. The second-order valence-electron chi connectivity index (χ2n) is 3.42. The van der Waals surface area contributed by atoms with E-state index >= 15 is 0 Å². The molecular formula is C9H14F2N4O2. The molecule has 1 saturated heterocycles. The van der Waals surface area contributed by atoms with Crippen molar-refractivity contribution in [3.05, 3.63) is 11.4 Å². The lowest BCUT2D eigenvalue weighted by molar-refractivity contribution is -0.134. The molecule has 2 rings (SSSR count). The number of nitrogens with two attached hydrogens (primary N) is 1. The van der Waals surface area contributed by atoms with Crippen molar-refractivity contribution in [2.24, 2.45) is 5.73 Å². The van der Waals surface area contributed by atoms with Crippen molar-refractivity contribution in [1.29, 1.82) is 0 Å². The second kappa shape index (κ2) is 5.17. The third-order valence-corrected chi connectivity index (χ3v) is 2.07. The van der Waals surface area contributed by atoms with Crippen LogP contribution in [0.5, 0.6) is 0 Å². The Labute approximate surface area is 96.7 Å². The quantitative estimate of drug-likeness (QED) is 0.848. The average Bonchev–Trinajstić information content (AvgIpc) is 2.66. The van der Waals surface area contributed by atoms with E-state index in [1.54, 1.807) is 0 Å². The highest BCUT2D eigenvalue weighted by Crippen LogP contribution is 2.27. The second-order valence-corrected chi connectivity index (χ2v) is 3.42. The minimum atomic E-state index is -2.65. The van der Waals surface area contributed by atoms with E-state index in [-0.39, 0.29) is 31.0 Å². The number of hydrogen-bond acceptors (Lipinski definition) is 5. The first-order valence-corrected chi connectivity index (χ1v) is 5.19. The van der Waals surface area contributed by atoms with Crippen LogP contribution in [0.4, 0.5) is 8.78 Å². The molecule has 8 heteroatoms. The van der Waals surface area contributed by atoms with E-state index in [9.17, 15) is 13.6 Å². The number of amides is 1. The Bertz CT molecular complexity index is 386. The maximum Gasteiger partial charge on any atom is 0.272 e. The van der Waals surface area contributed by atoms with Crippen LogP contribution in [0.3, 0.4) is 0 Å². The minimum absolute atomic E-state index is 0.0946. The third-order valence-electron chi connectivity index (χ3n) is 2.07. The lowest BCUT2D eigenvalue weighted by atomic mass is 10.1. The summed E-state index contributed by atoms with van der Waals surface area (Å²) in [5.41, 5.74) is 5.07. The van der Waals surface area contributed by atoms with Gasteiger partial charge in [-0.05, 0) is 5.16 Å². The first-order chi connectivity index (χ1) is 7.98. The number of rotatable bonds is 3. The van der Waals surface area contributed by atoms with Crippen LogP contribution in [0.1, 0.15) is 30.0 Å². The van der Waals surface area contributed by atoms with Gasteiger partial charge >= 0.3 is 0 Å². The first-order valence-electron chi connectivity index (χ1n) is 5.19. The van der Waals surface area contributed by atoms with Gasteiger partial charge in [-0.1, -0.05) is 19.0 Å². The summed E-state index contributed by atoms with van der Waals surface area (Å²) in [6.07, 6.45) is 0. The monoisotopic (exact) mass is 248 g/mol. The number of aromatic nitrogens is 2. The van der Waals surface area contributed by atoms with Gasteiger partial charge in [-0.15, -0.1) is 0 Å². The number of likely N-dealkylation sites (tertiary alicyclic amines) is 1. The molecule has 1 fully saturated rings. The van der Waals surface area contributed by atoms with Crippen molar-refractivity contribution in [2.75, 3.05) is 13.1 Å². The number of nitrogens with zero attached hydrogens (tertiary/aromatic N) is 3. The fourth-order valence-electron chi connectivity index (χ4n) is 1.43. The predicted molar refractivity (Wildman–Crippen MR) is 54.4 cm³/mol. The highest BCUT2D eigenvalue weighted by molar-refractivity contribution is 5.91. The van der Waals surface area contributed by atoms with Crippen molar-refractivity contribution < 1.29 is 18.2 Å². The molecule has 6 nitrogen and oxygen atoms in total. The highest BCUT2D eigenvalue weighted by Gasteiger charge is 2.44. The number of hydrogen-bond donors (Lipinski definition) is 1. The standard InChI is InChI=1S/C7H8F2N4O2.C2H6/c8-7(9)2-13(3-7)1-4-5(6(10)14)12-15-11-4;1-2/h1-3H2,(H2,10,14);1-2H3. The smallest absolute Gasteiger partial charge is 0.272 e. The van der Waals surface area contributed by atoms with E-state index in [1.165, 1.54) is 4.90 Å². The normalized spacial score (nSPS) is 17.9. The van der Waals surface area contributed by atoms with E-state index in [4.69, 9.17) is 5.73 Å². The molecule has 0 spiro atoms. The maximum atomic E-state index is 12.5. The molecule has 17 heavy (non-hydrogen) atoms. The Balaban J connectivity index is 0.000000686. The zero-order valence-electron chi connectivity index (χ0n) is 9.61. The molecule has 1 aromatic rings. The number of carbonyl (C=O) groups is 1. The van der Waals surface area contributed by atoms with Crippen LogP contribution >= 0.6 is 0 Å². The Morgan fingerprint density at radius 3 is 2.53 bits per heavy atom. The lowest BCUT2D eigenvalue weighted by Gasteiger charge is -2.37. The van der Waals surface area contributed by atoms with Gasteiger partial charge in [-0.3, -0.25) is 9.69 Å². The Kier molecular flexibility index (Phi) is 4.11. The van der Waals surface area contributed by atoms with Crippen LogP contribution < -0.4 is 5.73 Å². The fraction of sp³-hybridized carbons (Fsp3) is 0.667. The van der Waals surface area contributed by atoms with Crippen LogP contribution in [-0.2, 0) is 6.54 Å². The van der Waals surface area contributed by atoms with Crippen LogP contribution in [-0.4, -0.2) is 40.1 Å². The third kappa shape index (κ3) is 3.19.